The summed E-state index contributed by atoms with van der Waals surface area (Å²) in [5, 5.41) is 3.66. The molecule has 1 saturated heterocycles. The van der Waals surface area contributed by atoms with Crippen molar-refractivity contribution in [3.63, 3.8) is 0 Å². The van der Waals surface area contributed by atoms with E-state index in [0.717, 1.165) is 18.4 Å². The molecule has 1 aliphatic carbocycles. The van der Waals surface area contributed by atoms with Gasteiger partial charge in [0.05, 0.1) is 0 Å². The van der Waals surface area contributed by atoms with E-state index in [0.29, 0.717) is 5.41 Å². The van der Waals surface area contributed by atoms with Gasteiger partial charge in [0.2, 0.25) is 0 Å². The van der Waals surface area contributed by atoms with Gasteiger partial charge in [0.25, 0.3) is 0 Å². The predicted molar refractivity (Wildman–Crippen MR) is 88.1 cm³/mol. The highest BCUT2D eigenvalue weighted by Crippen LogP contribution is 2.40. The smallest absolute Gasteiger partial charge is 0.00502 e. The van der Waals surface area contributed by atoms with Crippen LogP contribution in [-0.2, 0) is 0 Å². The fourth-order valence-corrected chi connectivity index (χ4v) is 4.55. The average Bonchev–Trinajstić information content (AvgIpc) is 2.46. The first-order valence-corrected chi connectivity index (χ1v) is 9.10. The molecule has 0 aromatic rings. The minimum absolute atomic E-state index is 0.562. The Labute approximate surface area is 126 Å². The summed E-state index contributed by atoms with van der Waals surface area (Å²) in [5.74, 6) is 1.93. The van der Waals surface area contributed by atoms with E-state index in [1.807, 2.05) is 0 Å². The lowest BCUT2D eigenvalue weighted by molar-refractivity contribution is 0.0611. The van der Waals surface area contributed by atoms with Crippen LogP contribution in [0.25, 0.3) is 0 Å². The molecule has 0 aromatic carbocycles. The third kappa shape index (κ3) is 4.46. The first kappa shape index (κ1) is 16.3. The summed E-state index contributed by atoms with van der Waals surface area (Å²) in [5.41, 5.74) is 0.562. The number of hydrogen-bond donors (Lipinski definition) is 1. The fourth-order valence-electron chi connectivity index (χ4n) is 4.55. The van der Waals surface area contributed by atoms with Crippen molar-refractivity contribution >= 4 is 0 Å². The van der Waals surface area contributed by atoms with Gasteiger partial charge < -0.3 is 10.2 Å². The quantitative estimate of drug-likeness (QED) is 0.793. The van der Waals surface area contributed by atoms with E-state index in [1.165, 1.54) is 71.1 Å². The Kier molecular flexibility index (Phi) is 6.35. The van der Waals surface area contributed by atoms with Crippen LogP contribution in [0.3, 0.4) is 0 Å². The number of rotatable bonds is 6. The molecule has 2 fully saturated rings. The van der Waals surface area contributed by atoms with Gasteiger partial charge in [-0.15, -0.1) is 0 Å². The van der Waals surface area contributed by atoms with E-state index in [4.69, 9.17) is 0 Å². The molecule has 0 spiro atoms. The second kappa shape index (κ2) is 7.79. The zero-order valence-electron chi connectivity index (χ0n) is 14.1. The Morgan fingerprint density at radius 2 is 1.90 bits per heavy atom. The van der Waals surface area contributed by atoms with E-state index in [1.54, 1.807) is 0 Å². The molecule has 20 heavy (non-hydrogen) atoms. The predicted octanol–water partition coefficient (Wildman–Crippen LogP) is 3.91. The van der Waals surface area contributed by atoms with Gasteiger partial charge in [0.1, 0.15) is 0 Å². The molecule has 1 aliphatic heterocycles. The molecule has 2 atom stereocenters. The fraction of sp³-hybridized carbons (Fsp3) is 1.00. The molecule has 0 radical (unpaired) electrons. The van der Waals surface area contributed by atoms with E-state index in [9.17, 15) is 0 Å². The molecule has 2 heteroatoms. The number of hydrogen-bond acceptors (Lipinski definition) is 2. The maximum atomic E-state index is 3.66. The summed E-state index contributed by atoms with van der Waals surface area (Å²) in [6.07, 6.45) is 10.0. The molecule has 2 rings (SSSR count). The Hall–Kier alpha value is -0.0800. The van der Waals surface area contributed by atoms with Gasteiger partial charge in [0, 0.05) is 13.1 Å². The first-order valence-electron chi connectivity index (χ1n) is 9.10. The van der Waals surface area contributed by atoms with Crippen molar-refractivity contribution in [3.8, 4) is 0 Å². The minimum atomic E-state index is 0.562. The normalized spacial score (nSPS) is 33.5. The first-order chi connectivity index (χ1) is 9.67. The van der Waals surface area contributed by atoms with Crippen LogP contribution in [-0.4, -0.2) is 37.6 Å². The van der Waals surface area contributed by atoms with Gasteiger partial charge >= 0.3 is 0 Å². The maximum Gasteiger partial charge on any atom is 0.00502 e. The van der Waals surface area contributed by atoms with Gasteiger partial charge in [-0.1, -0.05) is 40.0 Å². The second-order valence-electron chi connectivity index (χ2n) is 7.61. The number of piperidine rings is 1. The highest BCUT2D eigenvalue weighted by Gasteiger charge is 2.36. The topological polar surface area (TPSA) is 15.3 Å². The van der Waals surface area contributed by atoms with Crippen LogP contribution >= 0.6 is 0 Å². The van der Waals surface area contributed by atoms with Gasteiger partial charge in [-0.2, -0.15) is 0 Å². The Balaban J connectivity index is 1.90. The van der Waals surface area contributed by atoms with Gasteiger partial charge in [-0.05, 0) is 62.6 Å². The number of likely N-dealkylation sites (tertiary alicyclic amines) is 1. The third-order valence-corrected chi connectivity index (χ3v) is 5.78. The minimum Gasteiger partial charge on any atom is -0.316 e. The summed E-state index contributed by atoms with van der Waals surface area (Å²) >= 11 is 0. The Morgan fingerprint density at radius 3 is 2.50 bits per heavy atom. The lowest BCUT2D eigenvalue weighted by Crippen LogP contribution is -2.48. The van der Waals surface area contributed by atoms with Crippen LogP contribution in [0.4, 0.5) is 0 Å². The SMILES string of the molecule is CCNCC1(CN2CCC(CC)CC2)CCCC(C)C1. The summed E-state index contributed by atoms with van der Waals surface area (Å²) < 4.78 is 0. The maximum absolute atomic E-state index is 3.66. The number of nitrogens with zero attached hydrogens (tertiary/aromatic N) is 1. The third-order valence-electron chi connectivity index (χ3n) is 5.78. The molecule has 2 nitrogen and oxygen atoms in total. The highest BCUT2D eigenvalue weighted by molar-refractivity contribution is 4.90. The van der Waals surface area contributed by atoms with Crippen LogP contribution < -0.4 is 5.32 Å². The van der Waals surface area contributed by atoms with Crippen molar-refractivity contribution in [1.29, 1.82) is 0 Å². The van der Waals surface area contributed by atoms with E-state index in [-0.39, 0.29) is 0 Å². The molecular weight excluding hydrogens is 244 g/mol. The van der Waals surface area contributed by atoms with Crippen molar-refractivity contribution < 1.29 is 0 Å². The Bertz CT molecular complexity index is 271. The standard InChI is InChI=1S/C18H36N2/c1-4-17-8-11-20(12-9-17)15-18(14-19-5-2)10-6-7-16(3)13-18/h16-17,19H,4-15H2,1-3H3. The molecule has 0 bridgehead atoms. The van der Waals surface area contributed by atoms with Crippen molar-refractivity contribution in [2.75, 3.05) is 32.7 Å². The zero-order valence-corrected chi connectivity index (χ0v) is 14.1. The summed E-state index contributed by atoms with van der Waals surface area (Å²) in [7, 11) is 0. The summed E-state index contributed by atoms with van der Waals surface area (Å²) in [4.78, 5) is 2.78. The summed E-state index contributed by atoms with van der Waals surface area (Å²) in [6, 6.07) is 0. The van der Waals surface area contributed by atoms with Crippen LogP contribution in [0.1, 0.15) is 65.7 Å². The zero-order chi connectivity index (χ0) is 14.4. The van der Waals surface area contributed by atoms with Crippen LogP contribution in [0.5, 0.6) is 0 Å². The average molecular weight is 280 g/mol. The van der Waals surface area contributed by atoms with Crippen LogP contribution in [0.2, 0.25) is 0 Å². The Morgan fingerprint density at radius 1 is 1.15 bits per heavy atom. The van der Waals surface area contributed by atoms with Gasteiger partial charge in [-0.25, -0.2) is 0 Å². The lowest BCUT2D eigenvalue weighted by Gasteiger charge is -2.45. The largest absolute Gasteiger partial charge is 0.316 e. The van der Waals surface area contributed by atoms with E-state index >= 15 is 0 Å². The monoisotopic (exact) mass is 280 g/mol. The molecule has 1 heterocycles. The molecule has 2 unspecified atom stereocenters. The molecule has 1 saturated carbocycles. The molecule has 2 aliphatic rings. The molecular formula is C18H36N2. The van der Waals surface area contributed by atoms with Crippen molar-refractivity contribution in [3.05, 3.63) is 0 Å². The summed E-state index contributed by atoms with van der Waals surface area (Å²) in [6.45, 7) is 13.5. The van der Waals surface area contributed by atoms with Gasteiger partial charge in [0.15, 0.2) is 0 Å². The molecule has 0 aromatic heterocycles. The molecule has 1 N–H and O–H groups in total. The van der Waals surface area contributed by atoms with Crippen LogP contribution in [0, 0.1) is 17.3 Å². The molecule has 0 amide bonds. The highest BCUT2D eigenvalue weighted by atomic mass is 15.1. The van der Waals surface area contributed by atoms with Crippen molar-refractivity contribution in [1.82, 2.24) is 10.2 Å². The van der Waals surface area contributed by atoms with Crippen molar-refractivity contribution in [2.24, 2.45) is 17.3 Å². The van der Waals surface area contributed by atoms with Crippen molar-refractivity contribution in [2.45, 2.75) is 65.7 Å². The van der Waals surface area contributed by atoms with E-state index in [2.05, 4.69) is 31.0 Å². The van der Waals surface area contributed by atoms with E-state index < -0.39 is 0 Å². The number of nitrogens with one attached hydrogen (secondary N) is 1. The lowest BCUT2D eigenvalue weighted by atomic mass is 9.69. The molecule has 118 valence electrons. The van der Waals surface area contributed by atoms with Crippen LogP contribution in [0.15, 0.2) is 0 Å². The second-order valence-corrected chi connectivity index (χ2v) is 7.61. The van der Waals surface area contributed by atoms with Gasteiger partial charge in [-0.3, -0.25) is 0 Å².